The van der Waals surface area contributed by atoms with Gasteiger partial charge < -0.3 is 19.7 Å². The number of fused-ring (bicyclic) bond motifs is 1. The average molecular weight is 470 g/mol. The van der Waals surface area contributed by atoms with Crippen molar-refractivity contribution < 1.29 is 19.7 Å². The van der Waals surface area contributed by atoms with Crippen LogP contribution in [0.1, 0.15) is 43.1 Å². The molecule has 0 aromatic heterocycles. The van der Waals surface area contributed by atoms with E-state index in [1.165, 1.54) is 5.57 Å². The number of hydrogen-bond acceptors (Lipinski definition) is 5. The van der Waals surface area contributed by atoms with E-state index >= 15 is 0 Å². The summed E-state index contributed by atoms with van der Waals surface area (Å²) in [7, 11) is 0. The van der Waals surface area contributed by atoms with Crippen LogP contribution < -0.4 is 9.47 Å². The molecule has 0 radical (unpaired) electrons. The normalized spacial score (nSPS) is 18.8. The molecule has 5 nitrogen and oxygen atoms in total. The van der Waals surface area contributed by atoms with Gasteiger partial charge >= 0.3 is 0 Å². The van der Waals surface area contributed by atoms with Gasteiger partial charge in [0.1, 0.15) is 35.7 Å². The summed E-state index contributed by atoms with van der Waals surface area (Å²) in [6.45, 7) is 10.9. The Hall–Kier alpha value is -3.70. The van der Waals surface area contributed by atoms with Crippen molar-refractivity contribution in [1.29, 1.82) is 0 Å². The van der Waals surface area contributed by atoms with Gasteiger partial charge in [-0.25, -0.2) is 0 Å². The van der Waals surface area contributed by atoms with Gasteiger partial charge in [-0.05, 0) is 73.4 Å². The first-order valence-corrected chi connectivity index (χ1v) is 12.0. The van der Waals surface area contributed by atoms with Crippen LogP contribution in [0.4, 0.5) is 0 Å². The second-order valence-electron chi connectivity index (χ2n) is 9.47. The summed E-state index contributed by atoms with van der Waals surface area (Å²) in [5.41, 5.74) is 6.10. The summed E-state index contributed by atoms with van der Waals surface area (Å²) in [4.78, 5) is 2.40. The maximum atomic E-state index is 10.1. The van der Waals surface area contributed by atoms with E-state index in [0.717, 1.165) is 53.1 Å². The van der Waals surface area contributed by atoms with E-state index in [4.69, 9.17) is 9.47 Å². The van der Waals surface area contributed by atoms with E-state index in [2.05, 4.69) is 25.3 Å². The zero-order valence-corrected chi connectivity index (χ0v) is 20.2. The lowest BCUT2D eigenvalue weighted by Crippen LogP contribution is -2.34. The Labute approximate surface area is 206 Å². The van der Waals surface area contributed by atoms with Crippen molar-refractivity contribution in [2.45, 2.75) is 32.4 Å². The number of phenolic OH excluding ortho intramolecular Hbond substituents is 2. The topological polar surface area (TPSA) is 62.2 Å². The van der Waals surface area contributed by atoms with Crippen molar-refractivity contribution >= 4 is 11.1 Å². The molecule has 2 unspecified atom stereocenters. The molecule has 1 fully saturated rings. The minimum absolute atomic E-state index is 0.163. The van der Waals surface area contributed by atoms with Gasteiger partial charge in [0.15, 0.2) is 0 Å². The second-order valence-corrected chi connectivity index (χ2v) is 9.47. The fourth-order valence-electron chi connectivity index (χ4n) is 4.91. The Morgan fingerprint density at radius 1 is 1.06 bits per heavy atom. The number of likely N-dealkylation sites (tertiary alicyclic amines) is 1. The molecule has 2 aliphatic heterocycles. The summed E-state index contributed by atoms with van der Waals surface area (Å²) < 4.78 is 12.5. The zero-order chi connectivity index (χ0) is 24.5. The van der Waals surface area contributed by atoms with Crippen LogP contribution in [-0.2, 0) is 0 Å². The third-order valence-electron chi connectivity index (χ3n) is 6.91. The largest absolute Gasteiger partial charge is 0.508 e. The van der Waals surface area contributed by atoms with Crippen molar-refractivity contribution in [3.63, 3.8) is 0 Å². The fraction of sp³-hybridized carbons (Fsp3) is 0.267. The smallest absolute Gasteiger partial charge is 0.150 e. The van der Waals surface area contributed by atoms with Crippen LogP contribution in [0.15, 0.2) is 78.9 Å². The van der Waals surface area contributed by atoms with E-state index in [0.29, 0.717) is 18.4 Å². The first kappa shape index (κ1) is 23.1. The van der Waals surface area contributed by atoms with Gasteiger partial charge in [0.05, 0.1) is 0 Å². The predicted octanol–water partition coefficient (Wildman–Crippen LogP) is 6.19. The number of nitrogens with zero attached hydrogens (tertiary/aromatic N) is 1. The van der Waals surface area contributed by atoms with Gasteiger partial charge in [0.2, 0.25) is 0 Å². The molecule has 0 aliphatic carbocycles. The number of allylic oxidation sites excluding steroid dienone is 1. The maximum Gasteiger partial charge on any atom is 0.150 e. The summed E-state index contributed by atoms with van der Waals surface area (Å²) in [6, 6.07) is 20.7. The molecular formula is C30H31NO4. The monoisotopic (exact) mass is 469 g/mol. The minimum Gasteiger partial charge on any atom is -0.508 e. The molecule has 35 heavy (non-hydrogen) atoms. The number of phenols is 2. The lowest BCUT2D eigenvalue weighted by molar-refractivity contribution is 0.175. The molecule has 2 atom stereocenters. The highest BCUT2D eigenvalue weighted by Crippen LogP contribution is 2.47. The van der Waals surface area contributed by atoms with Crippen molar-refractivity contribution in [2.75, 3.05) is 19.7 Å². The summed E-state index contributed by atoms with van der Waals surface area (Å²) in [5.74, 6) is 1.82. The van der Waals surface area contributed by atoms with Crippen molar-refractivity contribution in [1.82, 2.24) is 4.90 Å². The van der Waals surface area contributed by atoms with Gasteiger partial charge in [0.25, 0.3) is 0 Å². The summed E-state index contributed by atoms with van der Waals surface area (Å²) in [5, 5.41) is 20.2. The standard InChI is InChI=1S/C30H31NO4/c1-19-13-14-31(17-19)20(2)18-34-26-10-7-22(8-11-26)30-29(23-5-4-6-24(32)15-23)21(3)27-12-9-25(33)16-28(27)35-30/h4-12,15-16,20,30,32-33H,1,13-14,17-18H2,2-3H3. The predicted molar refractivity (Wildman–Crippen MR) is 139 cm³/mol. The zero-order valence-electron chi connectivity index (χ0n) is 20.2. The van der Waals surface area contributed by atoms with Crippen molar-refractivity contribution in [3.05, 3.63) is 95.6 Å². The molecular weight excluding hydrogens is 438 g/mol. The number of hydrogen-bond donors (Lipinski definition) is 2. The van der Waals surface area contributed by atoms with Crippen LogP contribution in [0.3, 0.4) is 0 Å². The van der Waals surface area contributed by atoms with Crippen LogP contribution in [-0.4, -0.2) is 40.9 Å². The fourth-order valence-corrected chi connectivity index (χ4v) is 4.91. The number of ether oxygens (including phenoxy) is 2. The Morgan fingerprint density at radius 3 is 2.54 bits per heavy atom. The first-order valence-electron chi connectivity index (χ1n) is 12.0. The molecule has 0 bridgehead atoms. The van der Waals surface area contributed by atoms with E-state index in [-0.39, 0.29) is 11.5 Å². The van der Waals surface area contributed by atoms with Gasteiger partial charge in [0, 0.05) is 36.3 Å². The molecule has 5 rings (SSSR count). The Bertz CT molecular complexity index is 1280. The molecule has 0 spiro atoms. The molecule has 2 N–H and O–H groups in total. The summed E-state index contributed by atoms with van der Waals surface area (Å²) in [6.07, 6.45) is 0.671. The molecule has 0 saturated carbocycles. The van der Waals surface area contributed by atoms with Gasteiger partial charge in [-0.3, -0.25) is 4.90 Å². The third kappa shape index (κ3) is 4.77. The van der Waals surface area contributed by atoms with Crippen LogP contribution in [0.25, 0.3) is 11.1 Å². The number of rotatable bonds is 6. The van der Waals surface area contributed by atoms with Crippen LogP contribution >= 0.6 is 0 Å². The highest BCUT2D eigenvalue weighted by atomic mass is 16.5. The first-order chi connectivity index (χ1) is 16.9. The Kier molecular flexibility index (Phi) is 6.27. The van der Waals surface area contributed by atoms with Crippen LogP contribution in [0.2, 0.25) is 0 Å². The third-order valence-corrected chi connectivity index (χ3v) is 6.91. The van der Waals surface area contributed by atoms with Crippen LogP contribution in [0, 0.1) is 0 Å². The molecule has 2 heterocycles. The van der Waals surface area contributed by atoms with E-state index in [1.54, 1.807) is 24.3 Å². The van der Waals surface area contributed by atoms with Gasteiger partial charge in [-0.15, -0.1) is 0 Å². The molecule has 1 saturated heterocycles. The Morgan fingerprint density at radius 2 is 1.83 bits per heavy atom. The van der Waals surface area contributed by atoms with Crippen molar-refractivity contribution in [3.8, 4) is 23.0 Å². The van der Waals surface area contributed by atoms with E-state index < -0.39 is 6.10 Å². The van der Waals surface area contributed by atoms with E-state index in [9.17, 15) is 10.2 Å². The van der Waals surface area contributed by atoms with E-state index in [1.807, 2.05) is 42.5 Å². The van der Waals surface area contributed by atoms with Gasteiger partial charge in [-0.1, -0.05) is 36.4 Å². The summed E-state index contributed by atoms with van der Waals surface area (Å²) >= 11 is 0. The molecule has 0 amide bonds. The average Bonchev–Trinajstić information content (AvgIpc) is 3.29. The van der Waals surface area contributed by atoms with Crippen molar-refractivity contribution in [2.24, 2.45) is 0 Å². The van der Waals surface area contributed by atoms with Crippen LogP contribution in [0.5, 0.6) is 23.0 Å². The number of aromatic hydroxyl groups is 2. The Balaban J connectivity index is 1.41. The lowest BCUT2D eigenvalue weighted by atomic mass is 9.86. The minimum atomic E-state index is -0.394. The molecule has 3 aromatic carbocycles. The highest BCUT2D eigenvalue weighted by Gasteiger charge is 2.30. The highest BCUT2D eigenvalue weighted by molar-refractivity contribution is 5.95. The quantitative estimate of drug-likeness (QED) is 0.422. The van der Waals surface area contributed by atoms with Gasteiger partial charge in [-0.2, -0.15) is 0 Å². The molecule has 3 aromatic rings. The molecule has 2 aliphatic rings. The second kappa shape index (κ2) is 9.51. The molecule has 180 valence electrons. The maximum absolute atomic E-state index is 10.1. The lowest BCUT2D eigenvalue weighted by Gasteiger charge is -2.31. The molecule has 5 heteroatoms. The number of benzene rings is 3. The SMILES string of the molecule is C=C1CCN(C(C)COc2ccc(C3Oc4cc(O)ccc4C(C)=C3c3cccc(O)c3)cc2)C1.